The maximum absolute atomic E-state index is 8.90. The van der Waals surface area contributed by atoms with Crippen molar-refractivity contribution in [3.05, 3.63) is 18.2 Å². The Balaban J connectivity index is 1.90. The summed E-state index contributed by atoms with van der Waals surface area (Å²) >= 11 is 0. The van der Waals surface area contributed by atoms with Crippen LogP contribution in [0.3, 0.4) is 0 Å². The normalized spacial score (nSPS) is 13.2. The Morgan fingerprint density at radius 1 is 1.35 bits per heavy atom. The van der Waals surface area contributed by atoms with Crippen molar-refractivity contribution in [1.82, 2.24) is 0 Å². The molecule has 4 heteroatoms. The highest BCUT2D eigenvalue weighted by atomic mass is 16.7. The molecular formula is C13H16N2O2. The van der Waals surface area contributed by atoms with Crippen molar-refractivity contribution < 1.29 is 9.47 Å². The summed E-state index contributed by atoms with van der Waals surface area (Å²) in [7, 11) is 0. The van der Waals surface area contributed by atoms with Crippen LogP contribution in [0.15, 0.2) is 18.2 Å². The van der Waals surface area contributed by atoms with Crippen molar-refractivity contribution in [2.75, 3.05) is 18.7 Å². The van der Waals surface area contributed by atoms with Gasteiger partial charge in [-0.1, -0.05) is 0 Å². The maximum atomic E-state index is 8.90. The van der Waals surface area contributed by atoms with E-state index >= 15 is 0 Å². The summed E-state index contributed by atoms with van der Waals surface area (Å²) in [5.41, 5.74) is 0.701. The van der Waals surface area contributed by atoms with Gasteiger partial charge in [-0.2, -0.15) is 5.26 Å². The first-order valence-corrected chi connectivity index (χ1v) is 5.65. The smallest absolute Gasteiger partial charge is 0.231 e. The van der Waals surface area contributed by atoms with Crippen LogP contribution in [0.1, 0.15) is 20.3 Å². The van der Waals surface area contributed by atoms with Crippen molar-refractivity contribution in [3.63, 3.8) is 0 Å². The maximum Gasteiger partial charge on any atom is 0.231 e. The summed E-state index contributed by atoms with van der Waals surface area (Å²) in [6.45, 7) is 4.93. The van der Waals surface area contributed by atoms with Crippen molar-refractivity contribution in [2.45, 2.75) is 20.3 Å². The highest BCUT2D eigenvalue weighted by Crippen LogP contribution is 2.34. The summed E-state index contributed by atoms with van der Waals surface area (Å²) in [5, 5.41) is 12.2. The summed E-state index contributed by atoms with van der Waals surface area (Å²) in [6, 6.07) is 8.04. The van der Waals surface area contributed by atoms with E-state index in [1.807, 2.05) is 32.0 Å². The first-order chi connectivity index (χ1) is 8.11. The highest BCUT2D eigenvalue weighted by Gasteiger charge is 2.16. The van der Waals surface area contributed by atoms with Crippen LogP contribution in [-0.2, 0) is 0 Å². The Bertz CT molecular complexity index is 449. The van der Waals surface area contributed by atoms with Crippen LogP contribution in [0, 0.1) is 16.7 Å². The molecule has 90 valence electrons. The van der Waals surface area contributed by atoms with Gasteiger partial charge in [0.1, 0.15) is 0 Å². The fourth-order valence-corrected chi connectivity index (χ4v) is 1.58. The Hall–Kier alpha value is -1.89. The van der Waals surface area contributed by atoms with Crippen LogP contribution >= 0.6 is 0 Å². The quantitative estimate of drug-likeness (QED) is 0.867. The van der Waals surface area contributed by atoms with E-state index in [4.69, 9.17) is 14.7 Å². The first kappa shape index (κ1) is 11.6. The average Bonchev–Trinajstić information content (AvgIpc) is 2.76. The Kier molecular flexibility index (Phi) is 3.10. The minimum atomic E-state index is -0.288. The van der Waals surface area contributed by atoms with Crippen molar-refractivity contribution >= 4 is 5.69 Å². The molecule has 0 radical (unpaired) electrons. The lowest BCUT2D eigenvalue weighted by Crippen LogP contribution is -2.14. The fourth-order valence-electron chi connectivity index (χ4n) is 1.58. The molecular weight excluding hydrogens is 216 g/mol. The van der Waals surface area contributed by atoms with Crippen LogP contribution in [0.25, 0.3) is 0 Å². The standard InChI is InChI=1S/C13H16N2O2/c1-13(2,8-14)5-6-15-10-3-4-11-12(7-10)17-9-16-11/h3-4,7,15H,5-6,9H2,1-2H3. The molecule has 1 N–H and O–H groups in total. The molecule has 0 saturated carbocycles. The Morgan fingerprint density at radius 2 is 2.12 bits per heavy atom. The van der Waals surface area contributed by atoms with E-state index in [1.165, 1.54) is 0 Å². The van der Waals surface area contributed by atoms with Gasteiger partial charge in [0.25, 0.3) is 0 Å². The third kappa shape index (κ3) is 2.82. The molecule has 0 aromatic heterocycles. The van der Waals surface area contributed by atoms with Crippen LogP contribution in [0.2, 0.25) is 0 Å². The van der Waals surface area contributed by atoms with Gasteiger partial charge in [-0.3, -0.25) is 0 Å². The summed E-state index contributed by atoms with van der Waals surface area (Å²) < 4.78 is 10.5. The zero-order chi connectivity index (χ0) is 12.3. The number of hydrogen-bond acceptors (Lipinski definition) is 4. The molecule has 0 aliphatic carbocycles. The van der Waals surface area contributed by atoms with E-state index < -0.39 is 0 Å². The van der Waals surface area contributed by atoms with Gasteiger partial charge in [-0.05, 0) is 32.4 Å². The molecule has 0 spiro atoms. The number of hydrogen-bond donors (Lipinski definition) is 1. The molecule has 1 aromatic carbocycles. The van der Waals surface area contributed by atoms with Crippen LogP contribution in [0.5, 0.6) is 11.5 Å². The second kappa shape index (κ2) is 4.54. The number of nitrogens with zero attached hydrogens (tertiary/aromatic N) is 1. The van der Waals surface area contributed by atoms with E-state index in [9.17, 15) is 0 Å². The van der Waals surface area contributed by atoms with Crippen LogP contribution in [-0.4, -0.2) is 13.3 Å². The Morgan fingerprint density at radius 3 is 2.88 bits per heavy atom. The summed E-state index contributed by atoms with van der Waals surface area (Å²) in [4.78, 5) is 0. The van der Waals surface area contributed by atoms with E-state index in [1.54, 1.807) is 0 Å². The molecule has 2 rings (SSSR count). The van der Waals surface area contributed by atoms with E-state index in [0.717, 1.165) is 30.2 Å². The predicted molar refractivity (Wildman–Crippen MR) is 65.1 cm³/mol. The number of fused-ring (bicyclic) bond motifs is 1. The molecule has 0 atom stereocenters. The van der Waals surface area contributed by atoms with Crippen LogP contribution < -0.4 is 14.8 Å². The number of anilines is 1. The first-order valence-electron chi connectivity index (χ1n) is 5.65. The lowest BCUT2D eigenvalue weighted by molar-refractivity contribution is 0.174. The Labute approximate surface area is 101 Å². The monoisotopic (exact) mass is 232 g/mol. The number of ether oxygens (including phenoxy) is 2. The fraction of sp³-hybridized carbons (Fsp3) is 0.462. The van der Waals surface area contributed by atoms with Gasteiger partial charge in [0.15, 0.2) is 11.5 Å². The van der Waals surface area contributed by atoms with Gasteiger partial charge in [-0.25, -0.2) is 0 Å². The van der Waals surface area contributed by atoms with E-state index in [2.05, 4.69) is 11.4 Å². The number of nitrogens with one attached hydrogen (secondary N) is 1. The molecule has 4 nitrogen and oxygen atoms in total. The van der Waals surface area contributed by atoms with Gasteiger partial charge in [-0.15, -0.1) is 0 Å². The average molecular weight is 232 g/mol. The van der Waals surface area contributed by atoms with Gasteiger partial charge in [0, 0.05) is 18.3 Å². The van der Waals surface area contributed by atoms with Gasteiger partial charge in [0.2, 0.25) is 6.79 Å². The SMILES string of the molecule is CC(C)(C#N)CCNc1ccc2c(c1)OCO2. The molecule has 0 unspecified atom stereocenters. The number of benzene rings is 1. The lowest BCUT2D eigenvalue weighted by Gasteiger charge is -2.15. The summed E-state index contributed by atoms with van der Waals surface area (Å²) in [5.74, 6) is 1.56. The molecule has 1 aromatic rings. The zero-order valence-electron chi connectivity index (χ0n) is 10.1. The second-order valence-electron chi connectivity index (χ2n) is 4.74. The lowest BCUT2D eigenvalue weighted by atomic mass is 9.91. The van der Waals surface area contributed by atoms with Crippen molar-refractivity contribution in [2.24, 2.45) is 5.41 Å². The second-order valence-corrected chi connectivity index (χ2v) is 4.74. The largest absolute Gasteiger partial charge is 0.454 e. The molecule has 0 fully saturated rings. The van der Waals surface area contributed by atoms with Gasteiger partial charge < -0.3 is 14.8 Å². The van der Waals surface area contributed by atoms with E-state index in [0.29, 0.717) is 6.79 Å². The van der Waals surface area contributed by atoms with Crippen LogP contribution in [0.4, 0.5) is 5.69 Å². The predicted octanol–water partition coefficient (Wildman–Crippen LogP) is 2.77. The highest BCUT2D eigenvalue weighted by molar-refractivity contribution is 5.55. The number of nitriles is 1. The van der Waals surface area contributed by atoms with Gasteiger partial charge >= 0.3 is 0 Å². The van der Waals surface area contributed by atoms with Gasteiger partial charge in [0.05, 0.1) is 11.5 Å². The molecule has 0 saturated heterocycles. The molecule has 0 bridgehead atoms. The molecule has 0 amide bonds. The summed E-state index contributed by atoms with van der Waals surface area (Å²) in [6.07, 6.45) is 0.804. The third-order valence-electron chi connectivity index (χ3n) is 2.75. The topological polar surface area (TPSA) is 54.3 Å². The van der Waals surface area contributed by atoms with E-state index in [-0.39, 0.29) is 5.41 Å². The van der Waals surface area contributed by atoms with Crippen molar-refractivity contribution in [3.8, 4) is 17.6 Å². The molecule has 1 aliphatic heterocycles. The van der Waals surface area contributed by atoms with Crippen molar-refractivity contribution in [1.29, 1.82) is 5.26 Å². The third-order valence-corrected chi connectivity index (χ3v) is 2.75. The zero-order valence-corrected chi connectivity index (χ0v) is 10.1. The number of rotatable bonds is 4. The minimum Gasteiger partial charge on any atom is -0.454 e. The minimum absolute atomic E-state index is 0.288. The molecule has 1 heterocycles. The molecule has 17 heavy (non-hydrogen) atoms. The molecule has 1 aliphatic rings.